The Kier molecular flexibility index (Phi) is 7.32. The van der Waals surface area contributed by atoms with Crippen molar-refractivity contribution in [3.63, 3.8) is 0 Å². The molecule has 0 saturated carbocycles. The summed E-state index contributed by atoms with van der Waals surface area (Å²) in [5.74, 6) is 0.669. The van der Waals surface area contributed by atoms with E-state index in [-0.39, 0.29) is 23.1 Å². The molecule has 3 nitrogen and oxygen atoms in total. The first-order chi connectivity index (χ1) is 8.67. The quantitative estimate of drug-likeness (QED) is 0.674. The molecule has 0 unspecified atom stereocenters. The van der Waals surface area contributed by atoms with E-state index >= 15 is 0 Å². The summed E-state index contributed by atoms with van der Waals surface area (Å²) in [4.78, 5) is 26.4. The number of hydrogen-bond acceptors (Lipinski definition) is 2. The lowest BCUT2D eigenvalue weighted by atomic mass is 9.79. The minimum Gasteiger partial charge on any atom is -0.336 e. The lowest BCUT2D eigenvalue weighted by Crippen LogP contribution is -2.48. The van der Waals surface area contributed by atoms with Crippen LogP contribution in [0.2, 0.25) is 0 Å². The zero-order valence-electron chi connectivity index (χ0n) is 13.7. The number of nitrogens with zero attached hydrogens (tertiary/aromatic N) is 1. The molecule has 112 valence electrons. The summed E-state index contributed by atoms with van der Waals surface area (Å²) in [6.07, 6.45) is 2.89. The molecule has 19 heavy (non-hydrogen) atoms. The standard InChI is InChI=1S/C16H31NO2/c1-8-10-14(18)17(7)13(11-12(3)4)15(19)16(5,6)9-2/h12-13H,8-11H2,1-7H3/t13-/m1/s1. The van der Waals surface area contributed by atoms with Crippen molar-refractivity contribution in [3.8, 4) is 0 Å². The van der Waals surface area contributed by atoms with Gasteiger partial charge in [0.2, 0.25) is 5.91 Å². The normalized spacial score (nSPS) is 13.5. The number of rotatable bonds is 8. The minimum atomic E-state index is -0.361. The molecule has 0 N–H and O–H groups in total. The van der Waals surface area contributed by atoms with Gasteiger partial charge >= 0.3 is 0 Å². The third-order valence-electron chi connectivity index (χ3n) is 3.87. The minimum absolute atomic E-state index is 0.0772. The maximum absolute atomic E-state index is 12.7. The summed E-state index contributed by atoms with van der Waals surface area (Å²) in [6, 6.07) is -0.283. The average molecular weight is 269 g/mol. The highest BCUT2D eigenvalue weighted by Gasteiger charge is 2.36. The molecule has 0 aliphatic heterocycles. The van der Waals surface area contributed by atoms with Crippen molar-refractivity contribution in [2.75, 3.05) is 7.05 Å². The van der Waals surface area contributed by atoms with E-state index < -0.39 is 0 Å². The van der Waals surface area contributed by atoms with E-state index in [1.807, 2.05) is 27.7 Å². The molecular weight excluding hydrogens is 238 g/mol. The van der Waals surface area contributed by atoms with Crippen molar-refractivity contribution in [2.24, 2.45) is 11.3 Å². The monoisotopic (exact) mass is 269 g/mol. The predicted molar refractivity (Wildman–Crippen MR) is 80.0 cm³/mol. The zero-order chi connectivity index (χ0) is 15.2. The second-order valence-electron chi connectivity index (χ2n) is 6.50. The van der Waals surface area contributed by atoms with Gasteiger partial charge in [-0.2, -0.15) is 0 Å². The summed E-state index contributed by atoms with van der Waals surface area (Å²) in [6.45, 7) is 12.1. The Labute approximate surface area is 118 Å². The van der Waals surface area contributed by atoms with E-state index in [9.17, 15) is 9.59 Å². The molecule has 0 aromatic carbocycles. The van der Waals surface area contributed by atoms with Crippen molar-refractivity contribution < 1.29 is 9.59 Å². The van der Waals surface area contributed by atoms with Crippen molar-refractivity contribution in [1.29, 1.82) is 0 Å². The van der Waals surface area contributed by atoms with Gasteiger partial charge in [-0.3, -0.25) is 9.59 Å². The van der Waals surface area contributed by atoms with Gasteiger partial charge in [-0.1, -0.05) is 41.5 Å². The van der Waals surface area contributed by atoms with Crippen LogP contribution in [0.4, 0.5) is 0 Å². The molecule has 0 radical (unpaired) electrons. The first kappa shape index (κ1) is 18.1. The van der Waals surface area contributed by atoms with Crippen molar-refractivity contribution in [3.05, 3.63) is 0 Å². The van der Waals surface area contributed by atoms with Gasteiger partial charge in [0.05, 0.1) is 6.04 Å². The number of carbonyl (C=O) groups is 2. The van der Waals surface area contributed by atoms with Crippen LogP contribution in [0.3, 0.4) is 0 Å². The number of hydrogen-bond donors (Lipinski definition) is 0. The van der Waals surface area contributed by atoms with Crippen LogP contribution in [0.5, 0.6) is 0 Å². The van der Waals surface area contributed by atoms with Crippen LogP contribution >= 0.6 is 0 Å². The van der Waals surface area contributed by atoms with E-state index in [0.717, 1.165) is 19.3 Å². The smallest absolute Gasteiger partial charge is 0.222 e. The number of carbonyl (C=O) groups excluding carboxylic acids is 2. The Hall–Kier alpha value is -0.860. The van der Waals surface area contributed by atoms with Gasteiger partial charge in [0.15, 0.2) is 5.78 Å². The largest absolute Gasteiger partial charge is 0.336 e. The van der Waals surface area contributed by atoms with Crippen molar-refractivity contribution >= 4 is 11.7 Å². The summed E-state index contributed by atoms with van der Waals surface area (Å²) < 4.78 is 0. The van der Waals surface area contributed by atoms with Crippen LogP contribution in [-0.4, -0.2) is 29.7 Å². The molecule has 0 bridgehead atoms. The van der Waals surface area contributed by atoms with Crippen LogP contribution in [0.25, 0.3) is 0 Å². The van der Waals surface area contributed by atoms with Gasteiger partial charge in [0, 0.05) is 18.9 Å². The Morgan fingerprint density at radius 1 is 1.16 bits per heavy atom. The number of Topliss-reactive ketones (excluding diaryl/α,β-unsaturated/α-hetero) is 1. The fraction of sp³-hybridized carbons (Fsp3) is 0.875. The summed E-state index contributed by atoms with van der Waals surface area (Å²) >= 11 is 0. The highest BCUT2D eigenvalue weighted by molar-refractivity contribution is 5.92. The fourth-order valence-electron chi connectivity index (χ4n) is 2.08. The molecule has 0 aromatic heterocycles. The van der Waals surface area contributed by atoms with Crippen molar-refractivity contribution in [2.45, 2.75) is 73.3 Å². The van der Waals surface area contributed by atoms with Crippen LogP contribution < -0.4 is 0 Å². The van der Waals surface area contributed by atoms with Crippen LogP contribution in [0.15, 0.2) is 0 Å². The van der Waals surface area contributed by atoms with Gasteiger partial charge in [-0.05, 0) is 25.2 Å². The molecule has 0 spiro atoms. The van der Waals surface area contributed by atoms with Crippen LogP contribution in [-0.2, 0) is 9.59 Å². The van der Waals surface area contributed by atoms with E-state index in [1.54, 1.807) is 11.9 Å². The molecule has 3 heteroatoms. The van der Waals surface area contributed by atoms with Crippen molar-refractivity contribution in [1.82, 2.24) is 4.90 Å². The fourth-order valence-corrected chi connectivity index (χ4v) is 2.08. The Balaban J connectivity index is 5.10. The molecular formula is C16H31NO2. The lowest BCUT2D eigenvalue weighted by molar-refractivity contribution is -0.142. The molecule has 0 saturated heterocycles. The zero-order valence-corrected chi connectivity index (χ0v) is 13.7. The topological polar surface area (TPSA) is 37.4 Å². The van der Waals surface area contributed by atoms with Gasteiger partial charge in [0.1, 0.15) is 0 Å². The number of likely N-dealkylation sites (N-methyl/N-ethyl adjacent to an activating group) is 1. The molecule has 1 amide bonds. The first-order valence-electron chi connectivity index (χ1n) is 7.47. The van der Waals surface area contributed by atoms with E-state index in [4.69, 9.17) is 0 Å². The second kappa shape index (κ2) is 7.66. The Morgan fingerprint density at radius 2 is 1.68 bits per heavy atom. The highest BCUT2D eigenvalue weighted by atomic mass is 16.2. The molecule has 0 heterocycles. The predicted octanol–water partition coefficient (Wildman–Crippen LogP) is 3.66. The first-order valence-corrected chi connectivity index (χ1v) is 7.47. The Morgan fingerprint density at radius 3 is 2.05 bits per heavy atom. The maximum atomic E-state index is 12.7. The lowest BCUT2D eigenvalue weighted by Gasteiger charge is -2.34. The van der Waals surface area contributed by atoms with Crippen LogP contribution in [0.1, 0.15) is 67.2 Å². The highest BCUT2D eigenvalue weighted by Crippen LogP contribution is 2.27. The maximum Gasteiger partial charge on any atom is 0.222 e. The molecule has 0 fully saturated rings. The van der Waals surface area contributed by atoms with Crippen LogP contribution in [0, 0.1) is 11.3 Å². The number of amides is 1. The average Bonchev–Trinajstić information content (AvgIpc) is 2.34. The molecule has 0 aliphatic carbocycles. The van der Waals surface area contributed by atoms with E-state index in [1.165, 1.54) is 0 Å². The Bertz CT molecular complexity index is 308. The molecule has 0 aliphatic rings. The summed E-state index contributed by atoms with van der Waals surface area (Å²) in [7, 11) is 1.77. The van der Waals surface area contributed by atoms with Gasteiger partial charge in [-0.15, -0.1) is 0 Å². The van der Waals surface area contributed by atoms with E-state index in [2.05, 4.69) is 13.8 Å². The molecule has 0 aromatic rings. The molecule has 0 rings (SSSR count). The van der Waals surface area contributed by atoms with Gasteiger partial charge in [-0.25, -0.2) is 0 Å². The van der Waals surface area contributed by atoms with E-state index in [0.29, 0.717) is 12.3 Å². The third-order valence-corrected chi connectivity index (χ3v) is 3.87. The van der Waals surface area contributed by atoms with Gasteiger partial charge < -0.3 is 4.90 Å². The second-order valence-corrected chi connectivity index (χ2v) is 6.50. The SMILES string of the molecule is CCCC(=O)N(C)[C@H](CC(C)C)C(=O)C(C)(C)CC. The summed E-state index contributed by atoms with van der Waals surface area (Å²) in [5.41, 5.74) is -0.361. The van der Waals surface area contributed by atoms with Gasteiger partial charge in [0.25, 0.3) is 0 Å². The number of ketones is 1. The third kappa shape index (κ3) is 5.33. The summed E-state index contributed by atoms with van der Waals surface area (Å²) in [5, 5.41) is 0. The molecule has 1 atom stereocenters.